The number of carbonyl (C=O) groups is 1. The van der Waals surface area contributed by atoms with E-state index in [2.05, 4.69) is 40.6 Å². The van der Waals surface area contributed by atoms with E-state index in [0.717, 1.165) is 25.4 Å². The van der Waals surface area contributed by atoms with Crippen LogP contribution < -0.4 is 0 Å². The van der Waals surface area contributed by atoms with Crippen molar-refractivity contribution in [2.75, 3.05) is 26.2 Å². The van der Waals surface area contributed by atoms with Crippen LogP contribution >= 0.6 is 0 Å². The Morgan fingerprint density at radius 3 is 2.46 bits per heavy atom. The third-order valence-electron chi connectivity index (χ3n) is 7.14. The van der Waals surface area contributed by atoms with Gasteiger partial charge in [-0.05, 0) is 87.9 Å². The Balaban J connectivity index is 1.50. The molecular weight excluding hydrogens is 346 g/mol. The van der Waals surface area contributed by atoms with Crippen LogP contribution in [-0.4, -0.2) is 52.5 Å². The topological polar surface area (TPSA) is 28.5 Å². The molecule has 28 heavy (non-hydrogen) atoms. The molecule has 0 bridgehead atoms. The first-order chi connectivity index (χ1) is 13.6. The highest BCUT2D eigenvalue weighted by Gasteiger charge is 2.37. The lowest BCUT2D eigenvalue weighted by Gasteiger charge is -2.46. The molecule has 1 aromatic heterocycles. The fourth-order valence-electron chi connectivity index (χ4n) is 5.50. The van der Waals surface area contributed by atoms with Gasteiger partial charge in [0.2, 0.25) is 5.91 Å². The first-order valence-electron chi connectivity index (χ1n) is 11.8. The molecule has 0 radical (unpaired) electrons. The number of hydrogen-bond donors (Lipinski definition) is 0. The summed E-state index contributed by atoms with van der Waals surface area (Å²) in [5.74, 6) is 2.30. The van der Waals surface area contributed by atoms with E-state index in [-0.39, 0.29) is 6.04 Å². The molecular formula is C24H39N3O. The molecule has 0 unspecified atom stereocenters. The van der Waals surface area contributed by atoms with Crippen molar-refractivity contribution in [3.63, 3.8) is 0 Å². The molecule has 1 amide bonds. The van der Waals surface area contributed by atoms with Crippen molar-refractivity contribution < 1.29 is 4.79 Å². The molecule has 3 atom stereocenters. The van der Waals surface area contributed by atoms with E-state index in [9.17, 15) is 4.79 Å². The molecule has 1 aromatic rings. The number of aromatic nitrogens is 1. The summed E-state index contributed by atoms with van der Waals surface area (Å²) < 4.78 is 2.15. The summed E-state index contributed by atoms with van der Waals surface area (Å²) in [4.78, 5) is 18.8. The molecule has 2 saturated heterocycles. The first kappa shape index (κ1) is 20.0. The summed E-state index contributed by atoms with van der Waals surface area (Å²) in [5.41, 5.74) is 0. The van der Waals surface area contributed by atoms with Crippen LogP contribution in [0.25, 0.3) is 0 Å². The Morgan fingerprint density at radius 2 is 1.75 bits per heavy atom. The van der Waals surface area contributed by atoms with Crippen molar-refractivity contribution in [1.29, 1.82) is 0 Å². The zero-order valence-corrected chi connectivity index (χ0v) is 17.9. The smallest absolute Gasteiger partial charge is 0.245 e. The zero-order valence-electron chi connectivity index (χ0n) is 17.9. The summed E-state index contributed by atoms with van der Waals surface area (Å²) in [6, 6.07) is 4.77. The molecule has 4 rings (SSSR count). The van der Waals surface area contributed by atoms with Gasteiger partial charge in [0, 0.05) is 31.5 Å². The molecule has 156 valence electrons. The molecule has 0 aromatic carbocycles. The molecule has 1 aliphatic carbocycles. The zero-order chi connectivity index (χ0) is 19.5. The van der Waals surface area contributed by atoms with Crippen molar-refractivity contribution >= 4 is 5.91 Å². The minimum Gasteiger partial charge on any atom is -0.342 e. The van der Waals surface area contributed by atoms with Crippen LogP contribution in [0.15, 0.2) is 24.5 Å². The summed E-state index contributed by atoms with van der Waals surface area (Å²) >= 11 is 0. The van der Waals surface area contributed by atoms with Crippen molar-refractivity contribution in [3.05, 3.63) is 24.5 Å². The lowest BCUT2D eigenvalue weighted by Crippen LogP contribution is -2.52. The Bertz CT molecular complexity index is 620. The quantitative estimate of drug-likeness (QED) is 0.655. The molecule has 4 heteroatoms. The van der Waals surface area contributed by atoms with E-state index in [1.807, 2.05) is 12.1 Å². The number of hydrogen-bond acceptors (Lipinski definition) is 2. The predicted molar refractivity (Wildman–Crippen MR) is 114 cm³/mol. The molecule has 4 nitrogen and oxygen atoms in total. The second-order valence-corrected chi connectivity index (χ2v) is 9.96. The van der Waals surface area contributed by atoms with Gasteiger partial charge in [-0.2, -0.15) is 0 Å². The average molecular weight is 386 g/mol. The summed E-state index contributed by atoms with van der Waals surface area (Å²) in [7, 11) is 0. The minimum atomic E-state index is -0.0419. The molecule has 3 aliphatic rings. The average Bonchev–Trinajstić information content (AvgIpc) is 3.35. The Kier molecular flexibility index (Phi) is 6.45. The molecule has 1 saturated carbocycles. The fraction of sp³-hybridized carbons (Fsp3) is 0.792. The second-order valence-electron chi connectivity index (χ2n) is 9.96. The van der Waals surface area contributed by atoms with Gasteiger partial charge in [0.1, 0.15) is 6.04 Å². The van der Waals surface area contributed by atoms with Crippen LogP contribution in [-0.2, 0) is 4.79 Å². The van der Waals surface area contributed by atoms with E-state index in [1.54, 1.807) is 0 Å². The Morgan fingerprint density at radius 1 is 1.00 bits per heavy atom. The van der Waals surface area contributed by atoms with Gasteiger partial charge in [-0.3, -0.25) is 4.79 Å². The lowest BCUT2D eigenvalue weighted by atomic mass is 9.83. The van der Waals surface area contributed by atoms with Gasteiger partial charge in [0.05, 0.1) is 0 Å². The van der Waals surface area contributed by atoms with Crippen molar-refractivity contribution in [2.45, 2.75) is 77.3 Å². The van der Waals surface area contributed by atoms with Gasteiger partial charge in [-0.1, -0.05) is 20.3 Å². The highest BCUT2D eigenvalue weighted by atomic mass is 16.2. The highest BCUT2D eigenvalue weighted by Crippen LogP contribution is 2.35. The second kappa shape index (κ2) is 9.02. The number of rotatable bonds is 8. The number of nitrogens with zero attached hydrogens (tertiary/aromatic N) is 3. The molecule has 0 spiro atoms. The van der Waals surface area contributed by atoms with E-state index in [1.165, 1.54) is 58.0 Å². The van der Waals surface area contributed by atoms with Crippen molar-refractivity contribution in [1.82, 2.24) is 14.4 Å². The third kappa shape index (κ3) is 4.82. The van der Waals surface area contributed by atoms with Crippen LogP contribution in [0.3, 0.4) is 0 Å². The van der Waals surface area contributed by atoms with Crippen LogP contribution in [0.2, 0.25) is 0 Å². The lowest BCUT2D eigenvalue weighted by molar-refractivity contribution is -0.137. The number of amides is 1. The van der Waals surface area contributed by atoms with Crippen LogP contribution in [0.4, 0.5) is 0 Å². The van der Waals surface area contributed by atoms with Gasteiger partial charge in [-0.25, -0.2) is 0 Å². The van der Waals surface area contributed by atoms with Crippen molar-refractivity contribution in [2.24, 2.45) is 17.8 Å². The molecule has 0 N–H and O–H groups in total. The first-order valence-corrected chi connectivity index (χ1v) is 11.8. The van der Waals surface area contributed by atoms with Gasteiger partial charge in [0.25, 0.3) is 0 Å². The van der Waals surface area contributed by atoms with Gasteiger partial charge >= 0.3 is 0 Å². The maximum absolute atomic E-state index is 13.8. The van der Waals surface area contributed by atoms with Gasteiger partial charge in [0.15, 0.2) is 0 Å². The standard InChI is InChI=1S/C24H39N3O/c1-19(2)16-23(26-13-5-6-14-26)24(28)27(17-20-10-11-20)18-21-8-7-15-25-12-4-3-9-22(21)25/h5-6,13-14,19-23H,3-4,7-12,15-18H2,1-2H3/t21-,22+,23+/m0/s1. The summed E-state index contributed by atoms with van der Waals surface area (Å²) in [5, 5.41) is 0. The SMILES string of the molecule is CC(C)C[C@H](C(=O)N(CC1CC1)C[C@@H]1CCCN2CCCC[C@H]12)n1cccc1. The summed E-state index contributed by atoms with van der Waals surface area (Å²) in [6.07, 6.45) is 14.4. The number of fused-ring (bicyclic) bond motifs is 1. The normalized spacial score (nSPS) is 26.8. The van der Waals surface area contributed by atoms with E-state index < -0.39 is 0 Å². The molecule has 2 aliphatic heterocycles. The van der Waals surface area contributed by atoms with Crippen LogP contribution in [0, 0.1) is 17.8 Å². The Labute approximate surface area is 171 Å². The maximum Gasteiger partial charge on any atom is 0.245 e. The maximum atomic E-state index is 13.8. The molecule has 3 fully saturated rings. The van der Waals surface area contributed by atoms with E-state index in [0.29, 0.717) is 23.8 Å². The van der Waals surface area contributed by atoms with E-state index >= 15 is 0 Å². The van der Waals surface area contributed by atoms with Crippen molar-refractivity contribution in [3.8, 4) is 0 Å². The van der Waals surface area contributed by atoms with Gasteiger partial charge in [-0.15, -0.1) is 0 Å². The number of carbonyl (C=O) groups excluding carboxylic acids is 1. The van der Waals surface area contributed by atoms with Crippen LogP contribution in [0.1, 0.15) is 71.3 Å². The van der Waals surface area contributed by atoms with Gasteiger partial charge < -0.3 is 14.4 Å². The van der Waals surface area contributed by atoms with Crippen LogP contribution in [0.5, 0.6) is 0 Å². The highest BCUT2D eigenvalue weighted by molar-refractivity contribution is 5.80. The number of piperidine rings is 2. The largest absolute Gasteiger partial charge is 0.342 e. The molecule has 3 heterocycles. The predicted octanol–water partition coefficient (Wildman–Crippen LogP) is 4.58. The Hall–Kier alpha value is -1.29. The summed E-state index contributed by atoms with van der Waals surface area (Å²) in [6.45, 7) is 8.98. The third-order valence-corrected chi connectivity index (χ3v) is 7.14. The monoisotopic (exact) mass is 385 g/mol. The minimum absolute atomic E-state index is 0.0419. The van der Waals surface area contributed by atoms with E-state index in [4.69, 9.17) is 0 Å². The fourth-order valence-corrected chi connectivity index (χ4v) is 5.50.